The molecule has 0 saturated carbocycles. The molecule has 1 aromatic carbocycles. The molecule has 2 aromatic rings. The Bertz CT molecular complexity index is 1160. The van der Waals surface area contributed by atoms with Crippen LogP contribution in [0.5, 0.6) is 0 Å². The fraction of sp³-hybridized carbons (Fsp3) is 0.167. The molecule has 1 atom stereocenters. The van der Waals surface area contributed by atoms with Crippen LogP contribution in [0.25, 0.3) is 19.2 Å². The van der Waals surface area contributed by atoms with Gasteiger partial charge in [0.2, 0.25) is 0 Å². The lowest BCUT2D eigenvalue weighted by molar-refractivity contribution is 0.575. The number of sulfone groups is 2. The molecule has 0 aliphatic heterocycles. The second kappa shape index (κ2) is 6.44. The van der Waals surface area contributed by atoms with Gasteiger partial charge in [-0.1, -0.05) is 24.3 Å². The second-order valence-electron chi connectivity index (χ2n) is 4.87. The van der Waals surface area contributed by atoms with E-state index in [4.69, 9.17) is 0 Å². The fourth-order valence-electron chi connectivity index (χ4n) is 2.30. The first-order valence-electron chi connectivity index (χ1n) is 6.14. The van der Waals surface area contributed by atoms with Crippen molar-refractivity contribution in [2.75, 3.05) is 12.5 Å². The van der Waals surface area contributed by atoms with Gasteiger partial charge in [-0.2, -0.15) is 0 Å². The molecule has 2 rings (SSSR count). The first-order chi connectivity index (χ1) is 11.0. The van der Waals surface area contributed by atoms with E-state index in [0.29, 0.717) is 0 Å². The van der Waals surface area contributed by atoms with E-state index >= 15 is 0 Å². The first kappa shape index (κ1) is 18.9. The number of H-pyrrole nitrogens is 1. The molecule has 1 heterocycles. The van der Waals surface area contributed by atoms with Gasteiger partial charge in [0.15, 0.2) is 23.9 Å². The van der Waals surface area contributed by atoms with Crippen LogP contribution >= 0.6 is 0 Å². The Morgan fingerprint density at radius 2 is 1.50 bits per heavy atom. The van der Waals surface area contributed by atoms with E-state index in [1.807, 2.05) is 0 Å². The van der Waals surface area contributed by atoms with Crippen LogP contribution in [0, 0.1) is 0 Å². The molecule has 1 aromatic heterocycles. The van der Waals surface area contributed by atoms with Crippen LogP contribution in [0.2, 0.25) is 0 Å². The van der Waals surface area contributed by atoms with E-state index in [9.17, 15) is 29.8 Å². The summed E-state index contributed by atoms with van der Waals surface area (Å²) in [6, 6.07) is 6.05. The third kappa shape index (κ3) is 3.47. The van der Waals surface area contributed by atoms with Crippen molar-refractivity contribution in [1.82, 2.24) is 4.98 Å². The maximum absolute atomic E-state index is 12.0. The molecule has 2 N–H and O–H groups in total. The molecule has 0 saturated heterocycles. The van der Waals surface area contributed by atoms with Crippen molar-refractivity contribution in [2.45, 2.75) is 0 Å². The number of benzene rings is 1. The topological polar surface area (TPSA) is 138 Å². The second-order valence-corrected chi connectivity index (χ2v) is 10.8. The largest absolute Gasteiger partial charge is 0.520 e. The minimum Gasteiger partial charge on any atom is -0.347 e. The van der Waals surface area contributed by atoms with Crippen molar-refractivity contribution < 1.29 is 29.8 Å². The average Bonchev–Trinajstić information content (AvgIpc) is 2.76. The molecule has 0 spiro atoms. The molecular weight excluding hydrogens is 398 g/mol. The highest BCUT2D eigenvalue weighted by atomic mass is 32.3. The summed E-state index contributed by atoms with van der Waals surface area (Å²) in [6.45, 7) is 0. The van der Waals surface area contributed by atoms with Crippen molar-refractivity contribution in [3.05, 3.63) is 35.0 Å². The van der Waals surface area contributed by atoms with E-state index in [-0.39, 0.29) is 33.1 Å². The highest BCUT2D eigenvalue weighted by Gasteiger charge is 2.28. The van der Waals surface area contributed by atoms with Crippen LogP contribution in [-0.4, -0.2) is 43.1 Å². The standard InChI is InChI=1S/C12H11NO7S4/c1-23(17,18)12(24(2,19)20)10-8-6-4-3-5-7(8)9(13-10)11(21-14)22(15)16/h3-6,13H,1-2H3/p+1/b11-9-. The molecule has 0 aliphatic rings. The van der Waals surface area contributed by atoms with E-state index in [1.54, 1.807) is 12.1 Å². The van der Waals surface area contributed by atoms with Gasteiger partial charge in [0.1, 0.15) is 5.35 Å². The lowest BCUT2D eigenvalue weighted by atomic mass is 10.2. The Hall–Kier alpha value is -1.47. The highest BCUT2D eigenvalue weighted by Crippen LogP contribution is 2.15. The maximum atomic E-state index is 12.0. The quantitative estimate of drug-likeness (QED) is 0.489. The zero-order valence-corrected chi connectivity index (χ0v) is 15.6. The Labute approximate surface area is 143 Å². The molecule has 0 bridgehead atoms. The summed E-state index contributed by atoms with van der Waals surface area (Å²) in [5.74, 6) is 0. The summed E-state index contributed by atoms with van der Waals surface area (Å²) < 4.78 is 78.3. The molecule has 0 aliphatic carbocycles. The molecule has 1 unspecified atom stereocenters. The lowest BCUT2D eigenvalue weighted by Crippen LogP contribution is -2.24. The van der Waals surface area contributed by atoms with E-state index in [2.05, 4.69) is 4.98 Å². The fourth-order valence-corrected chi connectivity index (χ4v) is 6.38. The number of fused-ring (bicyclic) bond motifs is 1. The number of hydrogen-bond acceptors (Lipinski definition) is 6. The molecule has 12 heteroatoms. The van der Waals surface area contributed by atoms with Crippen molar-refractivity contribution in [1.29, 1.82) is 0 Å². The number of aromatic nitrogens is 1. The summed E-state index contributed by atoms with van der Waals surface area (Å²) >= 11 is -2.86. The summed E-state index contributed by atoms with van der Waals surface area (Å²) in [7, 11) is -8.28. The van der Waals surface area contributed by atoms with Gasteiger partial charge in [-0.3, -0.25) is 4.55 Å². The summed E-state index contributed by atoms with van der Waals surface area (Å²) in [5, 5.41) is 0.127. The molecule has 130 valence electrons. The zero-order chi connectivity index (χ0) is 18.3. The van der Waals surface area contributed by atoms with Crippen LogP contribution in [0.1, 0.15) is 0 Å². The van der Waals surface area contributed by atoms with Crippen molar-refractivity contribution in [3.8, 4) is 0 Å². The SMILES string of the molecule is CS(=O)(=O)C(=c1[nH]/c(=C(/[S+]=O)S(=O)O)c2ccccc12)S(C)(=O)=O. The smallest absolute Gasteiger partial charge is 0.347 e. The molecule has 0 radical (unpaired) electrons. The maximum Gasteiger partial charge on any atom is 0.520 e. The Kier molecular flexibility index (Phi) is 5.06. The van der Waals surface area contributed by atoms with Gasteiger partial charge in [0, 0.05) is 27.5 Å². The molecule has 8 nitrogen and oxygen atoms in total. The molecule has 24 heavy (non-hydrogen) atoms. The van der Waals surface area contributed by atoms with E-state index in [1.165, 1.54) is 12.1 Å². The van der Waals surface area contributed by atoms with Crippen LogP contribution in [0.4, 0.5) is 0 Å². The number of aromatic amines is 1. The Morgan fingerprint density at radius 3 is 1.88 bits per heavy atom. The summed E-state index contributed by atoms with van der Waals surface area (Å²) in [6.07, 6.45) is 1.49. The van der Waals surface area contributed by atoms with E-state index in [0.717, 1.165) is 12.5 Å². The van der Waals surface area contributed by atoms with Gasteiger partial charge in [0.05, 0.1) is 5.35 Å². The average molecular weight is 410 g/mol. The molecule has 0 amide bonds. The predicted molar refractivity (Wildman–Crippen MR) is 92.9 cm³/mol. The highest BCUT2D eigenvalue weighted by molar-refractivity contribution is 8.21. The van der Waals surface area contributed by atoms with Crippen LogP contribution in [-0.2, 0) is 46.6 Å². The van der Waals surface area contributed by atoms with Crippen LogP contribution in [0.15, 0.2) is 24.3 Å². The zero-order valence-electron chi connectivity index (χ0n) is 12.3. The minimum atomic E-state index is -4.14. The normalized spacial score (nSPS) is 15.1. The van der Waals surface area contributed by atoms with Gasteiger partial charge in [-0.25, -0.2) is 21.0 Å². The van der Waals surface area contributed by atoms with Crippen molar-refractivity contribution in [2.24, 2.45) is 0 Å². The van der Waals surface area contributed by atoms with Crippen LogP contribution in [0.3, 0.4) is 0 Å². The predicted octanol–water partition coefficient (Wildman–Crippen LogP) is -0.962. The monoisotopic (exact) mass is 410 g/mol. The Balaban J connectivity index is 3.36. The molecule has 0 fully saturated rings. The summed E-state index contributed by atoms with van der Waals surface area (Å²) in [5.41, 5.74) is 0. The minimum absolute atomic E-state index is 0.0915. The van der Waals surface area contributed by atoms with Gasteiger partial charge in [-0.15, -0.1) is 0 Å². The van der Waals surface area contributed by atoms with Gasteiger partial charge < -0.3 is 4.98 Å². The third-order valence-corrected chi connectivity index (χ3v) is 8.11. The van der Waals surface area contributed by atoms with Crippen molar-refractivity contribution >= 4 is 61.7 Å². The summed E-state index contributed by atoms with van der Waals surface area (Å²) in [4.78, 5) is 2.53. The first-order valence-corrected chi connectivity index (χ1v) is 11.8. The number of nitrogens with one attached hydrogen (secondary N) is 1. The van der Waals surface area contributed by atoms with Gasteiger partial charge in [-0.05, 0) is 0 Å². The van der Waals surface area contributed by atoms with Crippen molar-refractivity contribution in [3.63, 3.8) is 0 Å². The lowest BCUT2D eigenvalue weighted by Gasteiger charge is -2.01. The van der Waals surface area contributed by atoms with Gasteiger partial charge in [0.25, 0.3) is 11.1 Å². The van der Waals surface area contributed by atoms with E-state index < -0.39 is 39.2 Å². The number of rotatable bonds is 4. The molecular formula is C12H12NO7S4+. The van der Waals surface area contributed by atoms with Crippen LogP contribution < -0.4 is 10.7 Å². The Morgan fingerprint density at radius 1 is 1.04 bits per heavy atom. The van der Waals surface area contributed by atoms with Gasteiger partial charge >= 0.3 is 15.9 Å². The number of hydrogen-bond donors (Lipinski definition) is 2. The third-order valence-electron chi connectivity index (χ3n) is 3.03.